The van der Waals surface area contributed by atoms with Gasteiger partial charge >= 0.3 is 0 Å². The number of rotatable bonds is 2. The number of hydrogen-bond donors (Lipinski definition) is 1. The zero-order valence-electron chi connectivity index (χ0n) is 6.42. The van der Waals surface area contributed by atoms with E-state index in [1.165, 1.54) is 12.3 Å². The van der Waals surface area contributed by atoms with E-state index < -0.39 is 5.95 Å². The Bertz CT molecular complexity index is 220. The molecule has 1 aromatic heterocycles. The molecule has 1 heterocycles. The van der Waals surface area contributed by atoms with Crippen molar-refractivity contribution < 1.29 is 4.39 Å². The number of hydrogen-bond acceptors (Lipinski definition) is 2. The molecule has 0 radical (unpaired) electrons. The largest absolute Gasteiger partial charge is 0.324 e. The van der Waals surface area contributed by atoms with Gasteiger partial charge in [-0.25, -0.2) is 4.98 Å². The summed E-state index contributed by atoms with van der Waals surface area (Å²) >= 11 is 0. The molecule has 0 aliphatic carbocycles. The Morgan fingerprint density at radius 1 is 1.64 bits per heavy atom. The van der Waals surface area contributed by atoms with Gasteiger partial charge in [-0.15, -0.1) is 0 Å². The molecule has 0 saturated carbocycles. The highest BCUT2D eigenvalue weighted by Gasteiger charge is 2.02. The van der Waals surface area contributed by atoms with Gasteiger partial charge in [-0.05, 0) is 18.1 Å². The fraction of sp³-hybridized carbons (Fsp3) is 0.375. The lowest BCUT2D eigenvalue weighted by Gasteiger charge is -2.06. The van der Waals surface area contributed by atoms with Gasteiger partial charge in [-0.2, -0.15) is 4.39 Å². The zero-order chi connectivity index (χ0) is 8.27. The van der Waals surface area contributed by atoms with Crippen LogP contribution in [0.15, 0.2) is 18.3 Å². The molecule has 0 aromatic carbocycles. The first kappa shape index (κ1) is 8.14. The van der Waals surface area contributed by atoms with Crippen molar-refractivity contribution in [3.8, 4) is 0 Å². The third-order valence-electron chi connectivity index (χ3n) is 1.62. The summed E-state index contributed by atoms with van der Waals surface area (Å²) < 4.78 is 12.3. The number of halogens is 1. The minimum absolute atomic E-state index is 0.0249. The Morgan fingerprint density at radius 2 is 2.36 bits per heavy atom. The average Bonchev–Trinajstić information content (AvgIpc) is 2.05. The lowest BCUT2D eigenvalue weighted by atomic mass is 10.1. The van der Waals surface area contributed by atoms with Gasteiger partial charge in [0.05, 0.1) is 0 Å². The van der Waals surface area contributed by atoms with E-state index in [1.54, 1.807) is 6.07 Å². The van der Waals surface area contributed by atoms with Crippen LogP contribution in [0.5, 0.6) is 0 Å². The molecule has 1 atom stereocenters. The molecule has 0 spiro atoms. The van der Waals surface area contributed by atoms with Crippen LogP contribution in [0.3, 0.4) is 0 Å². The summed E-state index contributed by atoms with van der Waals surface area (Å²) in [7, 11) is 0. The first-order chi connectivity index (χ1) is 5.24. The Hall–Kier alpha value is -0.960. The van der Waals surface area contributed by atoms with Gasteiger partial charge in [-0.3, -0.25) is 0 Å². The standard InChI is InChI=1S/C8H11FN2/c1-2-7(10)6-3-4-8(9)11-5-6/h3-5,7H,2,10H2,1H3/t7-/m1/s1. The van der Waals surface area contributed by atoms with Crippen LogP contribution in [-0.4, -0.2) is 4.98 Å². The molecule has 0 bridgehead atoms. The highest BCUT2D eigenvalue weighted by atomic mass is 19.1. The maximum atomic E-state index is 12.3. The summed E-state index contributed by atoms with van der Waals surface area (Å²) in [5.41, 5.74) is 6.57. The molecule has 0 aliphatic heterocycles. The molecule has 1 rings (SSSR count). The molecule has 0 amide bonds. The van der Waals surface area contributed by atoms with Crippen molar-refractivity contribution in [1.82, 2.24) is 4.98 Å². The Balaban J connectivity index is 2.81. The molecule has 0 aliphatic rings. The van der Waals surface area contributed by atoms with Gasteiger partial charge in [0.1, 0.15) is 0 Å². The summed E-state index contributed by atoms with van der Waals surface area (Å²) in [5, 5.41) is 0. The normalized spacial score (nSPS) is 13.0. The second kappa shape index (κ2) is 3.44. The minimum Gasteiger partial charge on any atom is -0.324 e. The van der Waals surface area contributed by atoms with Crippen LogP contribution in [0.4, 0.5) is 4.39 Å². The quantitative estimate of drug-likeness (QED) is 0.657. The lowest BCUT2D eigenvalue weighted by Crippen LogP contribution is -2.08. The smallest absolute Gasteiger partial charge is 0.212 e. The molecule has 0 unspecified atom stereocenters. The Morgan fingerprint density at radius 3 is 2.82 bits per heavy atom. The van der Waals surface area contributed by atoms with Crippen LogP contribution in [0.1, 0.15) is 24.9 Å². The summed E-state index contributed by atoms with van der Waals surface area (Å²) in [6.45, 7) is 1.98. The first-order valence-corrected chi connectivity index (χ1v) is 3.61. The van der Waals surface area contributed by atoms with E-state index in [4.69, 9.17) is 5.73 Å². The number of nitrogens with zero attached hydrogens (tertiary/aromatic N) is 1. The van der Waals surface area contributed by atoms with Gasteiger partial charge in [0.15, 0.2) is 0 Å². The van der Waals surface area contributed by atoms with Crippen LogP contribution < -0.4 is 5.73 Å². The molecular formula is C8H11FN2. The van der Waals surface area contributed by atoms with Gasteiger partial charge in [0.25, 0.3) is 0 Å². The lowest BCUT2D eigenvalue weighted by molar-refractivity contribution is 0.578. The van der Waals surface area contributed by atoms with Crippen LogP contribution in [0.2, 0.25) is 0 Å². The molecule has 2 N–H and O–H groups in total. The fourth-order valence-corrected chi connectivity index (χ4v) is 0.842. The van der Waals surface area contributed by atoms with Crippen LogP contribution in [-0.2, 0) is 0 Å². The van der Waals surface area contributed by atoms with E-state index in [0.29, 0.717) is 0 Å². The van der Waals surface area contributed by atoms with E-state index >= 15 is 0 Å². The second-order valence-electron chi connectivity index (χ2n) is 2.43. The molecule has 60 valence electrons. The molecule has 11 heavy (non-hydrogen) atoms. The van der Waals surface area contributed by atoms with E-state index in [2.05, 4.69) is 4.98 Å². The predicted octanol–water partition coefficient (Wildman–Crippen LogP) is 1.63. The van der Waals surface area contributed by atoms with Crippen molar-refractivity contribution in [3.05, 3.63) is 29.8 Å². The zero-order valence-corrected chi connectivity index (χ0v) is 6.42. The Labute approximate surface area is 65.3 Å². The molecule has 0 fully saturated rings. The van der Waals surface area contributed by atoms with Gasteiger partial charge in [-0.1, -0.05) is 13.0 Å². The molecule has 3 heteroatoms. The van der Waals surface area contributed by atoms with Crippen LogP contribution >= 0.6 is 0 Å². The SMILES string of the molecule is CC[C@@H](N)c1ccc(F)nc1. The Kier molecular flexibility index (Phi) is 2.54. The van der Waals surface area contributed by atoms with Crippen LogP contribution in [0, 0.1) is 5.95 Å². The third kappa shape index (κ3) is 1.98. The van der Waals surface area contributed by atoms with E-state index in [1.807, 2.05) is 6.92 Å². The predicted molar refractivity (Wildman–Crippen MR) is 41.4 cm³/mol. The van der Waals surface area contributed by atoms with Crippen molar-refractivity contribution in [2.45, 2.75) is 19.4 Å². The van der Waals surface area contributed by atoms with Gasteiger partial charge in [0, 0.05) is 12.2 Å². The molecular weight excluding hydrogens is 143 g/mol. The van der Waals surface area contributed by atoms with Crippen molar-refractivity contribution in [1.29, 1.82) is 0 Å². The summed E-state index contributed by atoms with van der Waals surface area (Å²) in [4.78, 5) is 3.50. The monoisotopic (exact) mass is 154 g/mol. The summed E-state index contributed by atoms with van der Waals surface area (Å²) in [5.74, 6) is -0.461. The number of nitrogens with two attached hydrogens (primary N) is 1. The van der Waals surface area contributed by atoms with Crippen molar-refractivity contribution >= 4 is 0 Å². The average molecular weight is 154 g/mol. The van der Waals surface area contributed by atoms with E-state index in [0.717, 1.165) is 12.0 Å². The van der Waals surface area contributed by atoms with E-state index in [-0.39, 0.29) is 6.04 Å². The third-order valence-corrected chi connectivity index (χ3v) is 1.62. The first-order valence-electron chi connectivity index (χ1n) is 3.61. The van der Waals surface area contributed by atoms with Gasteiger partial charge < -0.3 is 5.73 Å². The number of pyridine rings is 1. The molecule has 0 saturated heterocycles. The highest BCUT2D eigenvalue weighted by molar-refractivity contribution is 5.13. The second-order valence-corrected chi connectivity index (χ2v) is 2.43. The van der Waals surface area contributed by atoms with Crippen molar-refractivity contribution in [2.24, 2.45) is 5.73 Å². The minimum atomic E-state index is -0.461. The van der Waals surface area contributed by atoms with Crippen molar-refractivity contribution in [2.75, 3.05) is 0 Å². The number of aromatic nitrogens is 1. The molecule has 2 nitrogen and oxygen atoms in total. The molecule has 1 aromatic rings. The highest BCUT2D eigenvalue weighted by Crippen LogP contribution is 2.11. The van der Waals surface area contributed by atoms with Crippen molar-refractivity contribution in [3.63, 3.8) is 0 Å². The van der Waals surface area contributed by atoms with E-state index in [9.17, 15) is 4.39 Å². The maximum absolute atomic E-state index is 12.3. The van der Waals surface area contributed by atoms with Crippen LogP contribution in [0.25, 0.3) is 0 Å². The summed E-state index contributed by atoms with van der Waals surface area (Å²) in [6, 6.07) is 2.96. The topological polar surface area (TPSA) is 38.9 Å². The maximum Gasteiger partial charge on any atom is 0.212 e. The fourth-order valence-electron chi connectivity index (χ4n) is 0.842. The summed E-state index contributed by atoms with van der Waals surface area (Å²) in [6.07, 6.45) is 2.32. The van der Waals surface area contributed by atoms with Gasteiger partial charge in [0.2, 0.25) is 5.95 Å².